The number of ether oxygens (including phenoxy) is 1. The lowest BCUT2D eigenvalue weighted by Gasteiger charge is -2.27. The zero-order chi connectivity index (χ0) is 24.1. The average molecular weight is 471 g/mol. The third-order valence-electron chi connectivity index (χ3n) is 6.13. The molecule has 7 heteroatoms. The number of hydrogen-bond donors (Lipinski definition) is 1. The van der Waals surface area contributed by atoms with E-state index in [1.165, 1.54) is 13.2 Å². The van der Waals surface area contributed by atoms with E-state index in [0.29, 0.717) is 22.9 Å². The van der Waals surface area contributed by atoms with E-state index < -0.39 is 17.7 Å². The fourth-order valence-corrected chi connectivity index (χ4v) is 4.44. The molecule has 33 heavy (non-hydrogen) atoms. The van der Waals surface area contributed by atoms with Gasteiger partial charge in [0, 0.05) is 12.1 Å². The maximum absolute atomic E-state index is 13.1. The zero-order valence-corrected chi connectivity index (χ0v) is 20.4. The van der Waals surface area contributed by atoms with Gasteiger partial charge in [0.25, 0.3) is 11.7 Å². The first kappa shape index (κ1) is 24.8. The summed E-state index contributed by atoms with van der Waals surface area (Å²) in [5, 5.41) is 11.5. The van der Waals surface area contributed by atoms with Gasteiger partial charge in [0.1, 0.15) is 11.5 Å². The number of benzene rings is 2. The Labute approximate surface area is 200 Å². The number of amides is 1. The molecule has 0 bridgehead atoms. The Balaban J connectivity index is 2.04. The Morgan fingerprint density at radius 3 is 2.36 bits per heavy atom. The van der Waals surface area contributed by atoms with Crippen LogP contribution in [0.3, 0.4) is 0 Å². The number of aliphatic hydroxyl groups excluding tert-OH is 1. The summed E-state index contributed by atoms with van der Waals surface area (Å²) >= 11 is 6.24. The number of ketones is 1. The van der Waals surface area contributed by atoms with E-state index in [1.54, 1.807) is 17.0 Å². The van der Waals surface area contributed by atoms with Gasteiger partial charge in [0.05, 0.1) is 23.7 Å². The summed E-state index contributed by atoms with van der Waals surface area (Å²) in [7, 11) is 1.50. The summed E-state index contributed by atoms with van der Waals surface area (Å²) in [5.41, 5.74) is 2.29. The van der Waals surface area contributed by atoms with E-state index in [-0.39, 0.29) is 11.3 Å². The second-order valence-corrected chi connectivity index (χ2v) is 8.54. The lowest BCUT2D eigenvalue weighted by atomic mass is 9.94. The summed E-state index contributed by atoms with van der Waals surface area (Å²) in [6.45, 7) is 9.27. The molecular formula is C26H31ClN2O4. The lowest BCUT2D eigenvalue weighted by Crippen LogP contribution is -2.33. The maximum atomic E-state index is 13.1. The lowest BCUT2D eigenvalue weighted by molar-refractivity contribution is -0.140. The molecule has 0 radical (unpaired) electrons. The summed E-state index contributed by atoms with van der Waals surface area (Å²) in [4.78, 5) is 30.0. The fraction of sp³-hybridized carbons (Fsp3) is 0.385. The molecule has 1 N–H and O–H groups in total. The quantitative estimate of drug-likeness (QED) is 0.323. The average Bonchev–Trinajstić information content (AvgIpc) is 3.06. The second-order valence-electron chi connectivity index (χ2n) is 8.13. The molecule has 1 aliphatic heterocycles. The normalized spacial score (nSPS) is 17.8. The van der Waals surface area contributed by atoms with Crippen LogP contribution >= 0.6 is 11.6 Å². The summed E-state index contributed by atoms with van der Waals surface area (Å²) in [6.07, 6.45) is 0.728. The molecule has 0 unspecified atom stereocenters. The highest BCUT2D eigenvalue weighted by Gasteiger charge is 2.45. The van der Waals surface area contributed by atoms with Crippen LogP contribution in [0.2, 0.25) is 5.02 Å². The molecule has 0 spiro atoms. The number of nitrogens with zero attached hydrogens (tertiary/aromatic N) is 2. The highest BCUT2D eigenvalue weighted by molar-refractivity contribution is 6.46. The largest absolute Gasteiger partial charge is 0.507 e. The van der Waals surface area contributed by atoms with Gasteiger partial charge in [-0.25, -0.2) is 0 Å². The van der Waals surface area contributed by atoms with Gasteiger partial charge in [0.2, 0.25) is 0 Å². The SMILES string of the molecule is CCN(CC)CCCN1C(=O)C(=O)C(=C(O)c2ccc(OC)c(Cl)c2)[C@H]1c1ccc(C)cc1. The molecule has 6 nitrogen and oxygen atoms in total. The van der Waals surface area contributed by atoms with E-state index in [9.17, 15) is 14.7 Å². The van der Waals surface area contributed by atoms with Gasteiger partial charge in [-0.2, -0.15) is 0 Å². The monoisotopic (exact) mass is 470 g/mol. The molecule has 2 aromatic rings. The number of carbonyl (C=O) groups is 2. The number of carbonyl (C=O) groups excluding carboxylic acids is 2. The van der Waals surface area contributed by atoms with Crippen molar-refractivity contribution in [2.75, 3.05) is 33.3 Å². The van der Waals surface area contributed by atoms with Crippen LogP contribution in [0.15, 0.2) is 48.0 Å². The standard InChI is InChI=1S/C26H31ClN2O4/c1-5-28(6-2)14-7-15-29-23(18-10-8-17(3)9-11-18)22(25(31)26(29)32)24(30)19-12-13-21(33-4)20(27)16-19/h8-13,16,23,30H,5-7,14-15H2,1-4H3/t23-/m1/s1. The second kappa shape index (κ2) is 10.9. The first-order valence-corrected chi connectivity index (χ1v) is 11.6. The maximum Gasteiger partial charge on any atom is 0.295 e. The fourth-order valence-electron chi connectivity index (χ4n) is 4.18. The number of aliphatic hydroxyl groups is 1. The number of hydrogen-bond acceptors (Lipinski definition) is 5. The Hall–Kier alpha value is -2.83. The third kappa shape index (κ3) is 5.23. The molecule has 1 amide bonds. The summed E-state index contributed by atoms with van der Waals surface area (Å²) in [5.74, 6) is -1.07. The predicted molar refractivity (Wildman–Crippen MR) is 131 cm³/mol. The van der Waals surface area contributed by atoms with E-state index in [2.05, 4.69) is 18.7 Å². The van der Waals surface area contributed by atoms with Crippen molar-refractivity contribution in [1.82, 2.24) is 9.80 Å². The Morgan fingerprint density at radius 2 is 1.79 bits per heavy atom. The van der Waals surface area contributed by atoms with Crippen LogP contribution in [0.1, 0.15) is 43.0 Å². The first-order valence-electron chi connectivity index (χ1n) is 11.2. The number of aryl methyl sites for hydroxylation is 1. The van der Waals surface area contributed by atoms with Crippen LogP contribution in [-0.2, 0) is 9.59 Å². The smallest absolute Gasteiger partial charge is 0.295 e. The van der Waals surface area contributed by atoms with Crippen molar-refractivity contribution in [3.05, 3.63) is 69.8 Å². The molecular weight excluding hydrogens is 440 g/mol. The molecule has 0 aliphatic carbocycles. The van der Waals surface area contributed by atoms with Crippen LogP contribution in [0, 0.1) is 6.92 Å². The number of methoxy groups -OCH3 is 1. The van der Waals surface area contributed by atoms with Gasteiger partial charge in [-0.05, 0) is 56.7 Å². The molecule has 1 aliphatic rings. The zero-order valence-electron chi connectivity index (χ0n) is 19.6. The van der Waals surface area contributed by atoms with E-state index >= 15 is 0 Å². The van der Waals surface area contributed by atoms with E-state index in [4.69, 9.17) is 16.3 Å². The Kier molecular flexibility index (Phi) is 8.16. The van der Waals surface area contributed by atoms with Crippen molar-refractivity contribution in [3.8, 4) is 5.75 Å². The Bertz CT molecular complexity index is 1040. The van der Waals surface area contributed by atoms with Crippen molar-refractivity contribution < 1.29 is 19.4 Å². The number of halogens is 1. The van der Waals surface area contributed by atoms with Gasteiger partial charge in [0.15, 0.2) is 0 Å². The van der Waals surface area contributed by atoms with Crippen molar-refractivity contribution in [3.63, 3.8) is 0 Å². The molecule has 176 valence electrons. The highest BCUT2D eigenvalue weighted by atomic mass is 35.5. The summed E-state index contributed by atoms with van der Waals surface area (Å²) < 4.78 is 5.18. The molecule has 0 aromatic heterocycles. The van der Waals surface area contributed by atoms with Crippen molar-refractivity contribution >= 4 is 29.1 Å². The predicted octanol–water partition coefficient (Wildman–Crippen LogP) is 4.81. The van der Waals surface area contributed by atoms with Crippen LogP contribution < -0.4 is 4.74 Å². The van der Waals surface area contributed by atoms with Crippen molar-refractivity contribution in [2.45, 2.75) is 33.2 Å². The van der Waals surface area contributed by atoms with Crippen LogP contribution in [-0.4, -0.2) is 59.9 Å². The highest BCUT2D eigenvalue weighted by Crippen LogP contribution is 2.40. The van der Waals surface area contributed by atoms with E-state index in [0.717, 1.165) is 37.2 Å². The molecule has 2 aromatic carbocycles. The van der Waals surface area contributed by atoms with E-state index in [1.807, 2.05) is 31.2 Å². The van der Waals surface area contributed by atoms with Crippen molar-refractivity contribution in [1.29, 1.82) is 0 Å². The van der Waals surface area contributed by atoms with Crippen LogP contribution in [0.5, 0.6) is 5.75 Å². The minimum atomic E-state index is -0.687. The van der Waals surface area contributed by atoms with Gasteiger partial charge in [-0.3, -0.25) is 9.59 Å². The van der Waals surface area contributed by atoms with Gasteiger partial charge >= 0.3 is 0 Å². The summed E-state index contributed by atoms with van der Waals surface area (Å²) in [6, 6.07) is 11.8. The number of likely N-dealkylation sites (tertiary alicyclic amines) is 1. The molecule has 1 fully saturated rings. The third-order valence-corrected chi connectivity index (χ3v) is 6.42. The minimum Gasteiger partial charge on any atom is -0.507 e. The first-order chi connectivity index (χ1) is 15.8. The molecule has 1 saturated heterocycles. The minimum absolute atomic E-state index is 0.0768. The van der Waals surface area contributed by atoms with Crippen molar-refractivity contribution in [2.24, 2.45) is 0 Å². The number of rotatable bonds is 9. The van der Waals surface area contributed by atoms with Gasteiger partial charge < -0.3 is 19.6 Å². The molecule has 1 atom stereocenters. The van der Waals surface area contributed by atoms with Gasteiger partial charge in [-0.15, -0.1) is 0 Å². The molecule has 3 rings (SSSR count). The van der Waals surface area contributed by atoms with Crippen LogP contribution in [0.25, 0.3) is 5.76 Å². The Morgan fingerprint density at radius 1 is 1.12 bits per heavy atom. The topological polar surface area (TPSA) is 70.1 Å². The van der Waals surface area contributed by atoms with Gasteiger partial charge in [-0.1, -0.05) is 55.3 Å². The molecule has 0 saturated carbocycles. The molecule has 1 heterocycles. The number of Topliss-reactive ketones (excluding diaryl/α,β-unsaturated/α-hetero) is 1. The van der Waals surface area contributed by atoms with Crippen LogP contribution in [0.4, 0.5) is 0 Å².